The van der Waals surface area contributed by atoms with Crippen LogP contribution in [0.4, 0.5) is 0 Å². The van der Waals surface area contributed by atoms with Gasteiger partial charge in [0.05, 0.1) is 0 Å². The molecular formula is C34H43N3O2. The van der Waals surface area contributed by atoms with Crippen molar-refractivity contribution in [1.29, 1.82) is 0 Å². The van der Waals surface area contributed by atoms with Crippen molar-refractivity contribution < 1.29 is 9.53 Å². The Hall–Kier alpha value is -3.15. The number of piperidine rings is 1. The minimum Gasteiger partial charge on any atom is -0.490 e. The van der Waals surface area contributed by atoms with Gasteiger partial charge in [-0.2, -0.15) is 0 Å². The number of carbonyl (C=O) groups excluding carboxylic acids is 1. The molecule has 206 valence electrons. The summed E-state index contributed by atoms with van der Waals surface area (Å²) >= 11 is 0. The summed E-state index contributed by atoms with van der Waals surface area (Å²) in [5, 5.41) is 0. The van der Waals surface area contributed by atoms with E-state index in [9.17, 15) is 4.79 Å². The van der Waals surface area contributed by atoms with Gasteiger partial charge in [0.15, 0.2) is 0 Å². The van der Waals surface area contributed by atoms with Crippen LogP contribution in [0.1, 0.15) is 55.2 Å². The topological polar surface area (TPSA) is 36.0 Å². The van der Waals surface area contributed by atoms with Crippen molar-refractivity contribution in [3.63, 3.8) is 0 Å². The van der Waals surface area contributed by atoms with Gasteiger partial charge < -0.3 is 14.5 Å². The summed E-state index contributed by atoms with van der Waals surface area (Å²) in [6, 6.07) is 30.6. The Morgan fingerprint density at radius 2 is 1.51 bits per heavy atom. The Bertz CT molecular complexity index is 1090. The van der Waals surface area contributed by atoms with Gasteiger partial charge in [0.25, 0.3) is 0 Å². The predicted octanol–water partition coefficient (Wildman–Crippen LogP) is 5.80. The number of hydrogen-bond donors (Lipinski definition) is 0. The van der Waals surface area contributed by atoms with Gasteiger partial charge in [-0.05, 0) is 67.6 Å². The van der Waals surface area contributed by atoms with E-state index in [4.69, 9.17) is 4.74 Å². The number of hydrogen-bond acceptors (Lipinski definition) is 4. The first-order valence-electron chi connectivity index (χ1n) is 14.7. The van der Waals surface area contributed by atoms with E-state index in [1.54, 1.807) is 0 Å². The summed E-state index contributed by atoms with van der Waals surface area (Å²) in [6.45, 7) is 9.00. The van der Waals surface area contributed by atoms with Crippen LogP contribution >= 0.6 is 0 Å². The van der Waals surface area contributed by atoms with Gasteiger partial charge in [-0.15, -0.1) is 0 Å². The zero-order valence-electron chi connectivity index (χ0n) is 23.3. The molecule has 2 heterocycles. The summed E-state index contributed by atoms with van der Waals surface area (Å²) < 4.78 is 6.38. The number of ether oxygens (including phenoxy) is 1. The fraction of sp³-hybridized carbons (Fsp3) is 0.441. The van der Waals surface area contributed by atoms with E-state index < -0.39 is 0 Å². The maximum Gasteiger partial charge on any atom is 0.210 e. The Balaban J connectivity index is 1.11. The number of likely N-dealkylation sites (tertiary alicyclic amines) is 2. The lowest BCUT2D eigenvalue weighted by Crippen LogP contribution is -2.40. The van der Waals surface area contributed by atoms with Crippen molar-refractivity contribution in [3.8, 4) is 5.75 Å². The minimum atomic E-state index is 0.243. The number of rotatable bonds is 12. The molecule has 5 heteroatoms. The van der Waals surface area contributed by atoms with Crippen molar-refractivity contribution in [2.45, 2.75) is 57.2 Å². The first-order valence-corrected chi connectivity index (χ1v) is 14.7. The van der Waals surface area contributed by atoms with E-state index in [1.807, 2.05) is 4.90 Å². The molecule has 0 N–H and O–H groups in total. The molecule has 2 aliphatic heterocycles. The lowest BCUT2D eigenvalue weighted by atomic mass is 9.90. The molecule has 1 atom stereocenters. The van der Waals surface area contributed by atoms with Crippen LogP contribution in [-0.4, -0.2) is 72.5 Å². The Morgan fingerprint density at radius 3 is 2.10 bits per heavy atom. The van der Waals surface area contributed by atoms with Crippen LogP contribution in [0, 0.1) is 0 Å². The van der Waals surface area contributed by atoms with Crippen molar-refractivity contribution >= 4 is 6.41 Å². The first kappa shape index (κ1) is 27.4. The van der Waals surface area contributed by atoms with Crippen LogP contribution in [0.5, 0.6) is 5.75 Å². The highest BCUT2D eigenvalue weighted by atomic mass is 16.5. The lowest BCUT2D eigenvalue weighted by molar-refractivity contribution is -0.119. The largest absolute Gasteiger partial charge is 0.490 e. The average molecular weight is 526 g/mol. The van der Waals surface area contributed by atoms with E-state index in [0.29, 0.717) is 18.5 Å². The Morgan fingerprint density at radius 1 is 0.872 bits per heavy atom. The molecule has 39 heavy (non-hydrogen) atoms. The molecule has 0 spiro atoms. The van der Waals surface area contributed by atoms with E-state index in [0.717, 1.165) is 69.8 Å². The number of likely N-dealkylation sites (N-methyl/N-ethyl adjacent to an activating group) is 1. The number of nitrogens with zero attached hydrogens (tertiary/aromatic N) is 3. The van der Waals surface area contributed by atoms with Gasteiger partial charge in [-0.3, -0.25) is 9.69 Å². The minimum absolute atomic E-state index is 0.243. The second-order valence-electron chi connectivity index (χ2n) is 11.1. The highest BCUT2D eigenvalue weighted by Crippen LogP contribution is 2.28. The van der Waals surface area contributed by atoms with Gasteiger partial charge in [0, 0.05) is 44.7 Å². The zero-order valence-corrected chi connectivity index (χ0v) is 23.3. The fourth-order valence-corrected chi connectivity index (χ4v) is 6.28. The predicted molar refractivity (Wildman–Crippen MR) is 158 cm³/mol. The lowest BCUT2D eigenvalue weighted by Gasteiger charge is -2.34. The van der Waals surface area contributed by atoms with Crippen LogP contribution < -0.4 is 4.74 Å². The Kier molecular flexibility index (Phi) is 9.68. The third kappa shape index (κ3) is 7.49. The average Bonchev–Trinajstić information content (AvgIpc) is 3.45. The van der Waals surface area contributed by atoms with Crippen LogP contribution in [0.15, 0.2) is 84.9 Å². The molecule has 0 aromatic heterocycles. The SMILES string of the molecule is CCN1CCCC1CN(C=O)Cc1ccc(OC2CCN(CC(c3ccccc3)c3ccccc3)CC2)cc1. The zero-order chi connectivity index (χ0) is 26.9. The van der Waals surface area contributed by atoms with E-state index in [2.05, 4.69) is 102 Å². The van der Waals surface area contributed by atoms with Crippen molar-refractivity contribution in [3.05, 3.63) is 102 Å². The molecule has 2 aliphatic rings. The van der Waals surface area contributed by atoms with Gasteiger partial charge in [-0.1, -0.05) is 79.7 Å². The molecule has 0 aliphatic carbocycles. The highest BCUT2D eigenvalue weighted by Gasteiger charge is 2.26. The van der Waals surface area contributed by atoms with Gasteiger partial charge >= 0.3 is 0 Å². The van der Waals surface area contributed by atoms with Crippen molar-refractivity contribution in [2.75, 3.05) is 39.3 Å². The van der Waals surface area contributed by atoms with Crippen molar-refractivity contribution in [2.24, 2.45) is 0 Å². The number of benzene rings is 3. The summed E-state index contributed by atoms with van der Waals surface area (Å²) in [6.07, 6.45) is 5.73. The second-order valence-corrected chi connectivity index (χ2v) is 11.1. The normalized spacial score (nSPS) is 18.9. The molecule has 0 saturated carbocycles. The molecule has 5 rings (SSSR count). The molecular weight excluding hydrogens is 482 g/mol. The number of carbonyl (C=O) groups is 1. The van der Waals surface area contributed by atoms with E-state index in [-0.39, 0.29) is 6.10 Å². The van der Waals surface area contributed by atoms with Crippen molar-refractivity contribution in [1.82, 2.24) is 14.7 Å². The summed E-state index contributed by atoms with van der Waals surface area (Å²) in [7, 11) is 0. The molecule has 5 nitrogen and oxygen atoms in total. The fourth-order valence-electron chi connectivity index (χ4n) is 6.28. The maximum atomic E-state index is 11.8. The smallest absolute Gasteiger partial charge is 0.210 e. The third-order valence-electron chi connectivity index (χ3n) is 8.49. The van der Waals surface area contributed by atoms with Crippen LogP contribution in [-0.2, 0) is 11.3 Å². The van der Waals surface area contributed by atoms with E-state index >= 15 is 0 Å². The summed E-state index contributed by atoms with van der Waals surface area (Å²) in [4.78, 5) is 18.8. The van der Waals surface area contributed by atoms with Gasteiger partial charge in [-0.25, -0.2) is 0 Å². The quantitative estimate of drug-likeness (QED) is 0.280. The molecule has 3 aromatic rings. The molecule has 2 fully saturated rings. The van der Waals surface area contributed by atoms with Gasteiger partial charge in [0.1, 0.15) is 11.9 Å². The maximum absolute atomic E-state index is 11.8. The standard InChI is InChI=1S/C34H43N3O2/c1-2-37-21-9-14-31(37)25-36(27-38)24-28-15-17-32(18-16-28)39-33-19-22-35(23-20-33)26-34(29-10-5-3-6-11-29)30-12-7-4-8-13-30/h3-8,10-13,15-18,27,31,33-34H,2,9,14,19-26H2,1H3. The molecule has 2 saturated heterocycles. The molecule has 0 bridgehead atoms. The van der Waals surface area contributed by atoms with Crippen LogP contribution in [0.2, 0.25) is 0 Å². The molecule has 1 amide bonds. The van der Waals surface area contributed by atoms with E-state index in [1.165, 1.54) is 24.0 Å². The number of amides is 1. The van der Waals surface area contributed by atoms with Gasteiger partial charge in [0.2, 0.25) is 6.41 Å². The Labute approximate surface area is 234 Å². The second kappa shape index (κ2) is 13.8. The van der Waals surface area contributed by atoms with Crippen LogP contribution in [0.3, 0.4) is 0 Å². The monoisotopic (exact) mass is 525 g/mol. The molecule has 0 radical (unpaired) electrons. The summed E-state index contributed by atoms with van der Waals surface area (Å²) in [5.74, 6) is 1.30. The summed E-state index contributed by atoms with van der Waals surface area (Å²) in [5.41, 5.74) is 3.90. The highest BCUT2D eigenvalue weighted by molar-refractivity contribution is 5.47. The molecule has 3 aromatic carbocycles. The third-order valence-corrected chi connectivity index (χ3v) is 8.49. The van der Waals surface area contributed by atoms with Crippen LogP contribution in [0.25, 0.3) is 0 Å². The molecule has 1 unspecified atom stereocenters. The first-order chi connectivity index (χ1) is 19.2.